The lowest BCUT2D eigenvalue weighted by Gasteiger charge is -2.20. The van der Waals surface area contributed by atoms with Gasteiger partial charge >= 0.3 is 0 Å². The number of carbonyl (C=O) groups excluding carboxylic acids is 1. The third-order valence-electron chi connectivity index (χ3n) is 3.21. The highest BCUT2D eigenvalue weighted by Gasteiger charge is 2.17. The van der Waals surface area contributed by atoms with Gasteiger partial charge in [0.25, 0.3) is 5.91 Å². The highest BCUT2D eigenvalue weighted by Crippen LogP contribution is 2.28. The monoisotopic (exact) mass is 271 g/mol. The molecule has 0 radical (unpaired) electrons. The van der Waals surface area contributed by atoms with E-state index < -0.39 is 0 Å². The van der Waals surface area contributed by atoms with Crippen molar-refractivity contribution in [2.75, 3.05) is 19.1 Å². The van der Waals surface area contributed by atoms with Crippen LogP contribution in [0.25, 0.3) is 0 Å². The number of para-hydroxylation sites is 2. The van der Waals surface area contributed by atoms with Crippen LogP contribution in [0.3, 0.4) is 0 Å². The molecule has 0 aromatic heterocycles. The van der Waals surface area contributed by atoms with Crippen molar-refractivity contribution in [1.82, 2.24) is 0 Å². The lowest BCUT2D eigenvalue weighted by atomic mass is 10.1. The van der Waals surface area contributed by atoms with Crippen LogP contribution in [0.5, 0.6) is 11.5 Å². The molecule has 104 valence electrons. The Balaban J connectivity index is 2.34. The fourth-order valence-electron chi connectivity index (χ4n) is 1.95. The average molecular weight is 271 g/mol. The zero-order valence-corrected chi connectivity index (χ0v) is 11.8. The average Bonchev–Trinajstić information content (AvgIpc) is 2.48. The van der Waals surface area contributed by atoms with Gasteiger partial charge in [-0.15, -0.1) is 0 Å². The molecule has 20 heavy (non-hydrogen) atoms. The summed E-state index contributed by atoms with van der Waals surface area (Å²) in [5.74, 6) is 0.536. The van der Waals surface area contributed by atoms with Gasteiger partial charge in [-0.2, -0.15) is 0 Å². The van der Waals surface area contributed by atoms with E-state index in [-0.39, 0.29) is 11.7 Å². The molecule has 0 saturated heterocycles. The molecule has 4 nitrogen and oxygen atoms in total. The summed E-state index contributed by atoms with van der Waals surface area (Å²) in [6.07, 6.45) is 0. The number of ether oxygens (including phenoxy) is 1. The summed E-state index contributed by atoms with van der Waals surface area (Å²) in [4.78, 5) is 13.9. The van der Waals surface area contributed by atoms with Gasteiger partial charge in [0.2, 0.25) is 0 Å². The van der Waals surface area contributed by atoms with E-state index in [2.05, 4.69) is 0 Å². The van der Waals surface area contributed by atoms with E-state index >= 15 is 0 Å². The second-order valence-electron chi connectivity index (χ2n) is 4.54. The van der Waals surface area contributed by atoms with Crippen molar-refractivity contribution in [3.8, 4) is 11.5 Å². The number of phenols is 1. The van der Waals surface area contributed by atoms with E-state index in [1.165, 1.54) is 11.0 Å². The number of amides is 1. The maximum absolute atomic E-state index is 12.4. The molecule has 1 amide bonds. The topological polar surface area (TPSA) is 49.8 Å². The minimum Gasteiger partial charge on any atom is -0.508 e. The molecule has 0 spiro atoms. The van der Waals surface area contributed by atoms with Crippen molar-refractivity contribution >= 4 is 11.6 Å². The number of nitrogens with zero attached hydrogens (tertiary/aromatic N) is 1. The zero-order valence-electron chi connectivity index (χ0n) is 11.8. The van der Waals surface area contributed by atoms with Crippen LogP contribution in [0.2, 0.25) is 0 Å². The number of aromatic hydroxyl groups is 1. The molecule has 0 saturated carbocycles. The van der Waals surface area contributed by atoms with Crippen molar-refractivity contribution in [2.45, 2.75) is 6.92 Å². The molecule has 0 atom stereocenters. The second-order valence-corrected chi connectivity index (χ2v) is 4.54. The van der Waals surface area contributed by atoms with Crippen LogP contribution in [0.4, 0.5) is 5.69 Å². The lowest BCUT2D eigenvalue weighted by Crippen LogP contribution is -2.26. The first kappa shape index (κ1) is 13.9. The molecule has 0 aliphatic rings. The van der Waals surface area contributed by atoms with Crippen molar-refractivity contribution in [3.63, 3.8) is 0 Å². The molecule has 2 rings (SSSR count). The normalized spacial score (nSPS) is 10.2. The molecule has 1 N–H and O–H groups in total. The number of methoxy groups -OCH3 is 1. The number of benzene rings is 2. The number of phenolic OH excluding ortho intramolecular Hbond substituents is 1. The molecule has 0 unspecified atom stereocenters. The van der Waals surface area contributed by atoms with Gasteiger partial charge in [-0.3, -0.25) is 4.79 Å². The third-order valence-corrected chi connectivity index (χ3v) is 3.21. The third kappa shape index (κ3) is 2.59. The van der Waals surface area contributed by atoms with E-state index in [1.807, 2.05) is 18.2 Å². The minimum absolute atomic E-state index is 0.115. The predicted octanol–water partition coefficient (Wildman–Crippen LogP) is 2.99. The quantitative estimate of drug-likeness (QED) is 0.933. The number of anilines is 1. The summed E-state index contributed by atoms with van der Waals surface area (Å²) in [5, 5.41) is 9.71. The maximum atomic E-state index is 12.4. The largest absolute Gasteiger partial charge is 0.508 e. The summed E-state index contributed by atoms with van der Waals surface area (Å²) in [6.45, 7) is 1.79. The number of hydrogen-bond donors (Lipinski definition) is 1. The van der Waals surface area contributed by atoms with Crippen LogP contribution < -0.4 is 9.64 Å². The highest BCUT2D eigenvalue weighted by atomic mass is 16.5. The molecule has 4 heteroatoms. The van der Waals surface area contributed by atoms with Gasteiger partial charge in [-0.05, 0) is 36.8 Å². The number of rotatable bonds is 3. The van der Waals surface area contributed by atoms with E-state index in [1.54, 1.807) is 39.3 Å². The molecule has 0 aliphatic carbocycles. The van der Waals surface area contributed by atoms with Crippen LogP contribution in [-0.2, 0) is 0 Å². The van der Waals surface area contributed by atoms with Crippen LogP contribution in [-0.4, -0.2) is 25.2 Å². The number of hydrogen-bond acceptors (Lipinski definition) is 3. The van der Waals surface area contributed by atoms with Crippen LogP contribution in [0.1, 0.15) is 15.9 Å². The molecule has 0 aliphatic heterocycles. The van der Waals surface area contributed by atoms with Gasteiger partial charge in [-0.25, -0.2) is 0 Å². The Morgan fingerprint density at radius 1 is 1.20 bits per heavy atom. The summed E-state index contributed by atoms with van der Waals surface area (Å²) < 4.78 is 5.25. The van der Waals surface area contributed by atoms with Crippen molar-refractivity contribution in [1.29, 1.82) is 0 Å². The standard InChI is InChI=1S/C16H17NO3/c1-11-8-9-12(10-14(11)18)16(19)17(2)13-6-4-5-7-15(13)20-3/h4-10,18H,1-3H3. The van der Waals surface area contributed by atoms with Gasteiger partial charge in [0, 0.05) is 12.6 Å². The lowest BCUT2D eigenvalue weighted by molar-refractivity contribution is 0.0992. The van der Waals surface area contributed by atoms with E-state index in [0.29, 0.717) is 17.0 Å². The first-order chi connectivity index (χ1) is 9.54. The van der Waals surface area contributed by atoms with Gasteiger partial charge in [0.05, 0.1) is 12.8 Å². The van der Waals surface area contributed by atoms with Crippen molar-refractivity contribution < 1.29 is 14.6 Å². The smallest absolute Gasteiger partial charge is 0.258 e. The van der Waals surface area contributed by atoms with Crippen LogP contribution in [0, 0.1) is 6.92 Å². The Labute approximate surface area is 118 Å². The Morgan fingerprint density at radius 2 is 1.90 bits per heavy atom. The fraction of sp³-hybridized carbons (Fsp3) is 0.188. The van der Waals surface area contributed by atoms with E-state index in [4.69, 9.17) is 4.74 Å². The molecule has 0 bridgehead atoms. The van der Waals surface area contributed by atoms with Gasteiger partial charge in [0.1, 0.15) is 11.5 Å². The first-order valence-electron chi connectivity index (χ1n) is 6.25. The maximum Gasteiger partial charge on any atom is 0.258 e. The Hall–Kier alpha value is -2.49. The molecule has 2 aromatic rings. The molecular formula is C16H17NO3. The summed E-state index contributed by atoms with van der Waals surface area (Å²) in [6, 6.07) is 12.2. The van der Waals surface area contributed by atoms with E-state index in [0.717, 1.165) is 5.56 Å². The second kappa shape index (κ2) is 5.65. The summed E-state index contributed by atoms with van der Waals surface area (Å²) >= 11 is 0. The molecule has 0 heterocycles. The van der Waals surface area contributed by atoms with Crippen LogP contribution in [0.15, 0.2) is 42.5 Å². The highest BCUT2D eigenvalue weighted by molar-refractivity contribution is 6.06. The minimum atomic E-state index is -0.204. The van der Waals surface area contributed by atoms with Gasteiger partial charge < -0.3 is 14.7 Å². The number of carbonyl (C=O) groups is 1. The SMILES string of the molecule is COc1ccccc1N(C)C(=O)c1ccc(C)c(O)c1. The summed E-state index contributed by atoms with van der Waals surface area (Å²) in [7, 11) is 3.24. The fourth-order valence-corrected chi connectivity index (χ4v) is 1.95. The molecular weight excluding hydrogens is 254 g/mol. The van der Waals surface area contributed by atoms with E-state index in [9.17, 15) is 9.90 Å². The van der Waals surface area contributed by atoms with Crippen LogP contribution >= 0.6 is 0 Å². The zero-order chi connectivity index (χ0) is 14.7. The Bertz CT molecular complexity index is 637. The Morgan fingerprint density at radius 3 is 2.55 bits per heavy atom. The first-order valence-corrected chi connectivity index (χ1v) is 6.25. The predicted molar refractivity (Wildman–Crippen MR) is 78.6 cm³/mol. The van der Waals surface area contributed by atoms with Gasteiger partial charge in [-0.1, -0.05) is 18.2 Å². The summed E-state index contributed by atoms with van der Waals surface area (Å²) in [5.41, 5.74) is 1.85. The van der Waals surface area contributed by atoms with Gasteiger partial charge in [0.15, 0.2) is 0 Å². The molecule has 0 fully saturated rings. The van der Waals surface area contributed by atoms with Crippen molar-refractivity contribution in [2.24, 2.45) is 0 Å². The number of aryl methyl sites for hydroxylation is 1. The van der Waals surface area contributed by atoms with Crippen molar-refractivity contribution in [3.05, 3.63) is 53.6 Å². The molecule has 2 aromatic carbocycles. The Kier molecular flexibility index (Phi) is 3.94.